The third-order valence-corrected chi connectivity index (χ3v) is 7.22. The van der Waals surface area contributed by atoms with E-state index in [9.17, 15) is 31.2 Å². The third kappa shape index (κ3) is 9.34. The quantitative estimate of drug-likeness (QED) is 0.334. The van der Waals surface area contributed by atoms with Crippen LogP contribution in [-0.4, -0.2) is 50.5 Å². The molecule has 0 radical (unpaired) electrons. The summed E-state index contributed by atoms with van der Waals surface area (Å²) in [6.07, 6.45) is -1.64. The van der Waals surface area contributed by atoms with Gasteiger partial charge in [-0.25, -0.2) is 8.42 Å². The number of alkyl halides is 3. The monoisotopic (exact) mass is 555 g/mol. The number of hydrogen-bond acceptors (Lipinski definition) is 4. The fraction of sp³-hybridized carbons (Fsp3) is 0.481. The van der Waals surface area contributed by atoms with Gasteiger partial charge in [-0.1, -0.05) is 56.7 Å². The molecule has 2 aromatic rings. The highest BCUT2D eigenvalue weighted by Crippen LogP contribution is 2.32. The zero-order valence-corrected chi connectivity index (χ0v) is 22.8. The molecule has 2 rings (SSSR count). The molecule has 0 aromatic heterocycles. The Labute approximate surface area is 223 Å². The number of amides is 2. The van der Waals surface area contributed by atoms with E-state index in [2.05, 4.69) is 5.32 Å². The molecule has 2 aromatic carbocycles. The molecule has 1 unspecified atom stereocenters. The van der Waals surface area contributed by atoms with Gasteiger partial charge in [-0.15, -0.1) is 0 Å². The molecule has 210 valence electrons. The maximum absolute atomic E-state index is 13.4. The van der Waals surface area contributed by atoms with Crippen molar-refractivity contribution in [3.05, 3.63) is 65.7 Å². The van der Waals surface area contributed by atoms with E-state index in [0.29, 0.717) is 13.0 Å². The third-order valence-electron chi connectivity index (χ3n) is 6.02. The molecule has 0 bridgehead atoms. The Morgan fingerprint density at radius 2 is 1.68 bits per heavy atom. The lowest BCUT2D eigenvalue weighted by atomic mass is 10.1. The highest BCUT2D eigenvalue weighted by atomic mass is 32.2. The minimum absolute atomic E-state index is 0.0569. The van der Waals surface area contributed by atoms with Crippen molar-refractivity contribution in [2.24, 2.45) is 0 Å². The number of rotatable bonds is 14. The number of sulfonamides is 1. The van der Waals surface area contributed by atoms with Crippen molar-refractivity contribution in [2.75, 3.05) is 23.7 Å². The smallest absolute Gasteiger partial charge is 0.354 e. The summed E-state index contributed by atoms with van der Waals surface area (Å²) in [6, 6.07) is 12.6. The number of carbonyl (C=O) groups is 2. The van der Waals surface area contributed by atoms with Crippen molar-refractivity contribution < 1.29 is 31.2 Å². The summed E-state index contributed by atoms with van der Waals surface area (Å²) in [5, 5.41) is 2.88. The van der Waals surface area contributed by atoms with Crippen LogP contribution in [0.4, 0.5) is 18.9 Å². The van der Waals surface area contributed by atoms with Gasteiger partial charge < -0.3 is 10.2 Å². The summed E-state index contributed by atoms with van der Waals surface area (Å²) in [7, 11) is -3.92. The lowest BCUT2D eigenvalue weighted by Gasteiger charge is -2.31. The second kappa shape index (κ2) is 14.2. The molecule has 1 N–H and O–H groups in total. The van der Waals surface area contributed by atoms with Crippen molar-refractivity contribution in [2.45, 2.75) is 64.7 Å². The first-order valence-electron chi connectivity index (χ1n) is 12.6. The summed E-state index contributed by atoms with van der Waals surface area (Å²) in [6.45, 7) is 4.33. The van der Waals surface area contributed by atoms with E-state index < -0.39 is 27.8 Å². The Kier molecular flexibility index (Phi) is 11.6. The number of halogens is 3. The van der Waals surface area contributed by atoms with E-state index in [0.717, 1.165) is 47.2 Å². The van der Waals surface area contributed by atoms with Gasteiger partial charge in [-0.3, -0.25) is 13.9 Å². The minimum Gasteiger partial charge on any atom is -0.354 e. The number of nitrogens with one attached hydrogen (secondary N) is 1. The van der Waals surface area contributed by atoms with Crippen molar-refractivity contribution >= 4 is 27.5 Å². The Morgan fingerprint density at radius 3 is 2.26 bits per heavy atom. The van der Waals surface area contributed by atoms with Gasteiger partial charge in [0.05, 0.1) is 17.5 Å². The average Bonchev–Trinajstić information content (AvgIpc) is 2.86. The fourth-order valence-corrected chi connectivity index (χ4v) is 5.00. The number of carbonyl (C=O) groups excluding carboxylic acids is 2. The van der Waals surface area contributed by atoms with E-state index >= 15 is 0 Å². The van der Waals surface area contributed by atoms with E-state index in [4.69, 9.17) is 0 Å². The van der Waals surface area contributed by atoms with Gasteiger partial charge in [0.25, 0.3) is 0 Å². The molecular weight excluding hydrogens is 519 g/mol. The van der Waals surface area contributed by atoms with Crippen molar-refractivity contribution in [3.63, 3.8) is 0 Å². The van der Waals surface area contributed by atoms with Crippen molar-refractivity contribution in [3.8, 4) is 0 Å². The Hall–Kier alpha value is -3.08. The lowest BCUT2D eigenvalue weighted by molar-refractivity contribution is -0.141. The second-order valence-electron chi connectivity index (χ2n) is 9.06. The number of unbranched alkanes of at least 4 members (excludes halogenated alkanes) is 1. The largest absolute Gasteiger partial charge is 0.416 e. The molecule has 1 atom stereocenters. The van der Waals surface area contributed by atoms with Crippen LogP contribution < -0.4 is 9.62 Å². The van der Waals surface area contributed by atoms with Crippen LogP contribution in [0.25, 0.3) is 0 Å². The molecule has 0 saturated carbocycles. The molecule has 2 amide bonds. The molecule has 0 aliphatic heterocycles. The molecule has 0 aliphatic carbocycles. The lowest BCUT2D eigenvalue weighted by Crippen LogP contribution is -2.49. The fourth-order valence-electron chi connectivity index (χ4n) is 4.05. The molecule has 0 heterocycles. The minimum atomic E-state index is -4.63. The average molecular weight is 556 g/mol. The van der Waals surface area contributed by atoms with E-state index in [1.54, 1.807) is 0 Å². The molecule has 0 aliphatic rings. The standard InChI is InChI=1S/C27H36F3N3O4S/c1-4-6-17-31-26(35)24(5-2)32(20-21-12-8-7-9-13-21)25(34)16-11-18-33(38(3,36)37)23-15-10-14-22(19-23)27(28,29)30/h7-10,12-15,19,24H,4-6,11,16-18,20H2,1-3H3,(H,31,35). The summed E-state index contributed by atoms with van der Waals surface area (Å²) in [4.78, 5) is 27.8. The SMILES string of the molecule is CCCCNC(=O)C(CC)N(Cc1ccccc1)C(=O)CCCN(c1cccc(C(F)(F)F)c1)S(C)(=O)=O. The number of nitrogens with zero attached hydrogens (tertiary/aromatic N) is 2. The van der Waals surface area contributed by atoms with Gasteiger partial charge in [0, 0.05) is 26.1 Å². The summed E-state index contributed by atoms with van der Waals surface area (Å²) >= 11 is 0. The summed E-state index contributed by atoms with van der Waals surface area (Å²) in [5.74, 6) is -0.601. The van der Waals surface area contributed by atoms with Crippen LogP contribution >= 0.6 is 0 Å². The van der Waals surface area contributed by atoms with Gasteiger partial charge in [0.1, 0.15) is 6.04 Å². The first-order chi connectivity index (χ1) is 17.9. The van der Waals surface area contributed by atoms with Gasteiger partial charge in [0.15, 0.2) is 0 Å². The van der Waals surface area contributed by atoms with Gasteiger partial charge in [-0.2, -0.15) is 13.2 Å². The highest BCUT2D eigenvalue weighted by Gasteiger charge is 2.32. The second-order valence-corrected chi connectivity index (χ2v) is 11.0. The number of benzene rings is 2. The molecular formula is C27H36F3N3O4S. The summed E-state index contributed by atoms with van der Waals surface area (Å²) in [5.41, 5.74) is -0.256. The van der Waals surface area contributed by atoms with Crippen LogP contribution in [0.2, 0.25) is 0 Å². The summed E-state index contributed by atoms with van der Waals surface area (Å²) < 4.78 is 65.2. The maximum atomic E-state index is 13.4. The Bertz CT molecular complexity index is 1160. The molecule has 0 saturated heterocycles. The normalized spacial score (nSPS) is 12.6. The van der Waals surface area contributed by atoms with Crippen LogP contribution in [0, 0.1) is 0 Å². The molecule has 7 nitrogen and oxygen atoms in total. The molecule has 0 spiro atoms. The van der Waals surface area contributed by atoms with Crippen LogP contribution in [-0.2, 0) is 32.3 Å². The van der Waals surface area contributed by atoms with E-state index in [-0.39, 0.29) is 43.4 Å². The van der Waals surface area contributed by atoms with E-state index in [1.807, 2.05) is 44.2 Å². The molecule has 0 fully saturated rings. The predicted molar refractivity (Wildman–Crippen MR) is 142 cm³/mol. The molecule has 38 heavy (non-hydrogen) atoms. The van der Waals surface area contributed by atoms with Crippen molar-refractivity contribution in [1.29, 1.82) is 0 Å². The van der Waals surface area contributed by atoms with Crippen LogP contribution in [0.15, 0.2) is 54.6 Å². The van der Waals surface area contributed by atoms with E-state index in [1.165, 1.54) is 11.0 Å². The van der Waals surface area contributed by atoms with Crippen molar-refractivity contribution in [1.82, 2.24) is 10.2 Å². The first kappa shape index (κ1) is 31.1. The van der Waals surface area contributed by atoms with Gasteiger partial charge >= 0.3 is 6.18 Å². The van der Waals surface area contributed by atoms with Crippen LogP contribution in [0.3, 0.4) is 0 Å². The van der Waals surface area contributed by atoms with Crippen LogP contribution in [0.1, 0.15) is 57.1 Å². The topological polar surface area (TPSA) is 86.8 Å². The van der Waals surface area contributed by atoms with Crippen LogP contribution in [0.5, 0.6) is 0 Å². The first-order valence-corrected chi connectivity index (χ1v) is 14.5. The zero-order chi connectivity index (χ0) is 28.3. The zero-order valence-electron chi connectivity index (χ0n) is 22.0. The predicted octanol–water partition coefficient (Wildman–Crippen LogP) is 4.98. The van der Waals surface area contributed by atoms with Gasteiger partial charge in [0.2, 0.25) is 21.8 Å². The number of hydrogen-bond donors (Lipinski definition) is 1. The number of anilines is 1. The Balaban J connectivity index is 2.21. The maximum Gasteiger partial charge on any atom is 0.416 e. The highest BCUT2D eigenvalue weighted by molar-refractivity contribution is 7.92. The Morgan fingerprint density at radius 1 is 1.00 bits per heavy atom. The van der Waals surface area contributed by atoms with Gasteiger partial charge in [-0.05, 0) is 43.0 Å². The molecule has 11 heteroatoms.